The fourth-order valence-corrected chi connectivity index (χ4v) is 2.91. The molecule has 0 aliphatic carbocycles. The first-order valence-electron chi connectivity index (χ1n) is 5.84. The van der Waals surface area contributed by atoms with Gasteiger partial charge in [-0.3, -0.25) is 4.68 Å². The topological polar surface area (TPSA) is 99.2 Å². The van der Waals surface area contributed by atoms with E-state index in [2.05, 4.69) is 9.82 Å². The molecule has 0 aliphatic heterocycles. The van der Waals surface area contributed by atoms with Gasteiger partial charge in [0.15, 0.2) is 5.03 Å². The molecule has 1 aromatic carbocycles. The van der Waals surface area contributed by atoms with E-state index in [1.807, 2.05) is 0 Å². The number of benzene rings is 1. The molecular formula is C12H16N4O3S. The Labute approximate surface area is 117 Å². The van der Waals surface area contributed by atoms with E-state index in [-0.39, 0.29) is 11.6 Å². The molecule has 108 valence electrons. The molecule has 1 heterocycles. The van der Waals surface area contributed by atoms with Crippen molar-refractivity contribution in [2.45, 2.75) is 11.6 Å². The van der Waals surface area contributed by atoms with E-state index in [0.717, 1.165) is 5.56 Å². The largest absolute Gasteiger partial charge is 0.495 e. The minimum absolute atomic E-state index is 0.110. The summed E-state index contributed by atoms with van der Waals surface area (Å²) in [5, 5.41) is 3.95. The van der Waals surface area contributed by atoms with Gasteiger partial charge < -0.3 is 10.5 Å². The van der Waals surface area contributed by atoms with Crippen LogP contribution < -0.4 is 15.2 Å². The highest BCUT2D eigenvalue weighted by Crippen LogP contribution is 2.22. The zero-order valence-electron chi connectivity index (χ0n) is 11.2. The van der Waals surface area contributed by atoms with E-state index >= 15 is 0 Å². The number of hydrogen-bond acceptors (Lipinski definition) is 5. The fraction of sp³-hybridized carbons (Fsp3) is 0.250. The maximum atomic E-state index is 12.1. The van der Waals surface area contributed by atoms with Crippen LogP contribution in [0.1, 0.15) is 5.56 Å². The van der Waals surface area contributed by atoms with Crippen LogP contribution in [-0.4, -0.2) is 25.3 Å². The predicted molar refractivity (Wildman–Crippen MR) is 74.6 cm³/mol. The Morgan fingerprint density at radius 3 is 2.70 bits per heavy atom. The zero-order valence-corrected chi connectivity index (χ0v) is 12.0. The average molecular weight is 296 g/mol. The van der Waals surface area contributed by atoms with Crippen LogP contribution >= 0.6 is 0 Å². The molecule has 7 nitrogen and oxygen atoms in total. The number of sulfonamides is 1. The summed E-state index contributed by atoms with van der Waals surface area (Å²) in [6.07, 6.45) is 1.43. The first-order chi connectivity index (χ1) is 9.44. The van der Waals surface area contributed by atoms with Gasteiger partial charge in [-0.05, 0) is 23.8 Å². The van der Waals surface area contributed by atoms with Crippen molar-refractivity contribution in [1.29, 1.82) is 0 Å². The maximum absolute atomic E-state index is 12.1. The summed E-state index contributed by atoms with van der Waals surface area (Å²) in [5.41, 5.74) is 6.98. The second-order valence-corrected chi connectivity index (χ2v) is 5.91. The molecule has 0 spiro atoms. The third kappa shape index (κ3) is 2.91. The van der Waals surface area contributed by atoms with Crippen molar-refractivity contribution in [3.8, 4) is 5.75 Å². The molecule has 2 rings (SSSR count). The number of hydrogen-bond donors (Lipinski definition) is 2. The van der Waals surface area contributed by atoms with Gasteiger partial charge in [-0.15, -0.1) is 0 Å². The second kappa shape index (κ2) is 5.51. The molecule has 3 N–H and O–H groups in total. The van der Waals surface area contributed by atoms with E-state index in [1.54, 1.807) is 25.2 Å². The summed E-state index contributed by atoms with van der Waals surface area (Å²) in [7, 11) is -0.502. The maximum Gasteiger partial charge on any atom is 0.258 e. The number of aromatic nitrogens is 2. The summed E-state index contributed by atoms with van der Waals surface area (Å²) >= 11 is 0. The number of ether oxygens (including phenoxy) is 1. The molecule has 0 bridgehead atoms. The average Bonchev–Trinajstić information content (AvgIpc) is 2.84. The van der Waals surface area contributed by atoms with Crippen LogP contribution in [0.25, 0.3) is 0 Å². The number of nitrogens with two attached hydrogens (primary N) is 1. The normalized spacial score (nSPS) is 11.5. The first kappa shape index (κ1) is 14.4. The van der Waals surface area contributed by atoms with Gasteiger partial charge in [0, 0.05) is 13.6 Å². The van der Waals surface area contributed by atoms with Crippen molar-refractivity contribution < 1.29 is 13.2 Å². The summed E-state index contributed by atoms with van der Waals surface area (Å²) in [6.45, 7) is 0.141. The smallest absolute Gasteiger partial charge is 0.258 e. The molecule has 1 aromatic heterocycles. The fourth-order valence-electron chi connectivity index (χ4n) is 1.77. The number of aryl methyl sites for hydroxylation is 1. The Bertz CT molecular complexity index is 709. The third-order valence-corrected chi connectivity index (χ3v) is 4.29. The van der Waals surface area contributed by atoms with Crippen LogP contribution in [0.15, 0.2) is 35.5 Å². The van der Waals surface area contributed by atoms with Gasteiger partial charge in [-0.1, -0.05) is 6.07 Å². The van der Waals surface area contributed by atoms with Crippen LogP contribution in [0, 0.1) is 0 Å². The molecular weight excluding hydrogens is 280 g/mol. The Balaban J connectivity index is 2.13. The lowest BCUT2D eigenvalue weighted by Crippen LogP contribution is -2.25. The molecule has 0 saturated heterocycles. The van der Waals surface area contributed by atoms with Crippen LogP contribution in [-0.2, 0) is 23.6 Å². The Kier molecular flexibility index (Phi) is 3.96. The summed E-state index contributed by atoms with van der Waals surface area (Å²) in [5.74, 6) is 0.559. The second-order valence-electron chi connectivity index (χ2n) is 4.19. The molecule has 0 fully saturated rings. The first-order valence-corrected chi connectivity index (χ1v) is 7.32. The van der Waals surface area contributed by atoms with Gasteiger partial charge in [-0.2, -0.15) is 5.10 Å². The lowest BCUT2D eigenvalue weighted by Gasteiger charge is -2.09. The molecule has 20 heavy (non-hydrogen) atoms. The van der Waals surface area contributed by atoms with E-state index in [0.29, 0.717) is 11.4 Å². The Hall–Kier alpha value is -2.06. The molecule has 0 saturated carbocycles. The van der Waals surface area contributed by atoms with Crippen molar-refractivity contribution in [3.63, 3.8) is 0 Å². The van der Waals surface area contributed by atoms with Crippen LogP contribution in [0.2, 0.25) is 0 Å². The standard InChI is InChI=1S/C12H16N4O3S/c1-16-12(5-6-14-16)20(17,18)15-8-9-3-4-11(19-2)10(13)7-9/h3-7,15H,8,13H2,1-2H3. The number of nitrogens with zero attached hydrogens (tertiary/aromatic N) is 2. The zero-order chi connectivity index (χ0) is 14.8. The lowest BCUT2D eigenvalue weighted by molar-refractivity contribution is 0.417. The van der Waals surface area contributed by atoms with Crippen LogP contribution in [0.4, 0.5) is 5.69 Å². The third-order valence-electron chi connectivity index (χ3n) is 2.81. The van der Waals surface area contributed by atoms with Gasteiger partial charge >= 0.3 is 0 Å². The summed E-state index contributed by atoms with van der Waals surface area (Å²) in [4.78, 5) is 0. The van der Waals surface area contributed by atoms with E-state index in [9.17, 15) is 8.42 Å². The predicted octanol–water partition coefficient (Wildman–Crippen LogP) is 0.489. The van der Waals surface area contributed by atoms with Crippen molar-refractivity contribution in [1.82, 2.24) is 14.5 Å². The summed E-state index contributed by atoms with van der Waals surface area (Å²) < 4.78 is 33.0. The molecule has 0 aliphatic rings. The lowest BCUT2D eigenvalue weighted by atomic mass is 10.2. The molecule has 2 aromatic rings. The van der Waals surface area contributed by atoms with Crippen molar-refractivity contribution in [3.05, 3.63) is 36.0 Å². The molecule has 0 radical (unpaired) electrons. The van der Waals surface area contributed by atoms with Crippen LogP contribution in [0.3, 0.4) is 0 Å². The van der Waals surface area contributed by atoms with Crippen molar-refractivity contribution in [2.75, 3.05) is 12.8 Å². The van der Waals surface area contributed by atoms with Crippen molar-refractivity contribution >= 4 is 15.7 Å². The monoisotopic (exact) mass is 296 g/mol. The van der Waals surface area contributed by atoms with E-state index < -0.39 is 10.0 Å². The van der Waals surface area contributed by atoms with Crippen molar-refractivity contribution in [2.24, 2.45) is 7.05 Å². The molecule has 0 atom stereocenters. The van der Waals surface area contributed by atoms with Gasteiger partial charge in [0.1, 0.15) is 5.75 Å². The molecule has 0 unspecified atom stereocenters. The Morgan fingerprint density at radius 1 is 1.40 bits per heavy atom. The van der Waals surface area contributed by atoms with Gasteiger partial charge in [0.25, 0.3) is 10.0 Å². The minimum Gasteiger partial charge on any atom is -0.495 e. The number of methoxy groups -OCH3 is 1. The Morgan fingerprint density at radius 2 is 2.15 bits per heavy atom. The molecule has 8 heteroatoms. The van der Waals surface area contributed by atoms with Gasteiger partial charge in [-0.25, -0.2) is 13.1 Å². The minimum atomic E-state index is -3.60. The molecule has 0 amide bonds. The number of anilines is 1. The highest BCUT2D eigenvalue weighted by atomic mass is 32.2. The van der Waals surface area contributed by atoms with E-state index in [4.69, 9.17) is 10.5 Å². The number of rotatable bonds is 5. The quantitative estimate of drug-likeness (QED) is 0.782. The number of nitrogen functional groups attached to an aromatic ring is 1. The van der Waals surface area contributed by atoms with Gasteiger partial charge in [0.2, 0.25) is 0 Å². The SMILES string of the molecule is COc1ccc(CNS(=O)(=O)c2ccnn2C)cc1N. The van der Waals surface area contributed by atoms with Gasteiger partial charge in [0.05, 0.1) is 19.0 Å². The highest BCUT2D eigenvalue weighted by Gasteiger charge is 2.17. The number of nitrogens with one attached hydrogen (secondary N) is 1. The highest BCUT2D eigenvalue weighted by molar-refractivity contribution is 7.89. The summed E-state index contributed by atoms with van der Waals surface area (Å²) in [6, 6.07) is 6.55. The van der Waals surface area contributed by atoms with E-state index in [1.165, 1.54) is 24.1 Å². The van der Waals surface area contributed by atoms with Crippen LogP contribution in [0.5, 0.6) is 5.75 Å².